The largest absolute Gasteiger partial charge is 0.469 e. The molecule has 0 fully saturated rings. The predicted molar refractivity (Wildman–Crippen MR) is 196 cm³/mol. The second-order valence-electron chi connectivity index (χ2n) is 11.9. The summed E-state index contributed by atoms with van der Waals surface area (Å²) in [4.78, 5) is 42.5. The number of phosphoric ester groups is 1. The quantitative estimate of drug-likeness (QED) is 0.0181. The minimum absolute atomic E-state index is 0.0786. The number of unbranched alkanes of at least 4 members (excludes halogenated alkanes) is 10. The predicted octanol–water partition coefficient (Wildman–Crippen LogP) is 8.28. The van der Waals surface area contributed by atoms with Crippen LogP contribution in [0.25, 0.3) is 0 Å². The third-order valence-corrected chi connectivity index (χ3v) is 7.65. The first-order valence-electron chi connectivity index (χ1n) is 18.0. The molecule has 4 N–H and O–H groups in total. The van der Waals surface area contributed by atoms with Gasteiger partial charge in [0.1, 0.15) is 6.61 Å². The summed E-state index contributed by atoms with van der Waals surface area (Å²) in [6, 6.07) is 0. The standard InChI is InChI=1S/C38H63O10P/c1-3-5-7-8-9-10-11-15-18-24-31-38(42)48-36(33-47-49(43,44)45)32-46-37(41)30-25-19-23-29-35(40)28-22-17-14-12-13-16-21-27-34(39)26-20-6-4-2/h6,13-14,16-17,20-23,27-29,34-36,39-40H,3-5,7-12,15,18-19,24-26,30-33H2,1-2H3,(H2,43,44,45)/b16-13-,17-14-,20-6-,27-21+,28-22+,29-23-/t34-,35-,36-/m1/s1. The van der Waals surface area contributed by atoms with E-state index in [1.165, 1.54) is 38.5 Å². The number of hydrogen-bond acceptors (Lipinski definition) is 8. The Hall–Kier alpha value is -2.59. The minimum Gasteiger partial charge on any atom is -0.462 e. The lowest BCUT2D eigenvalue weighted by Crippen LogP contribution is -2.29. The monoisotopic (exact) mass is 710 g/mol. The molecule has 0 aliphatic rings. The summed E-state index contributed by atoms with van der Waals surface area (Å²) in [6.45, 7) is 3.28. The van der Waals surface area contributed by atoms with Crippen LogP contribution in [-0.4, -0.2) is 63.5 Å². The first kappa shape index (κ1) is 46.4. The molecule has 0 amide bonds. The highest BCUT2D eigenvalue weighted by Gasteiger charge is 2.22. The van der Waals surface area contributed by atoms with E-state index in [1.54, 1.807) is 30.4 Å². The number of phosphoric acid groups is 1. The molecule has 3 atom stereocenters. The summed E-state index contributed by atoms with van der Waals surface area (Å²) in [5, 5.41) is 19.9. The van der Waals surface area contributed by atoms with Crippen LogP contribution in [0.4, 0.5) is 0 Å². The van der Waals surface area contributed by atoms with Gasteiger partial charge in [0.25, 0.3) is 0 Å². The van der Waals surface area contributed by atoms with E-state index in [-0.39, 0.29) is 19.4 Å². The Labute approximate surface area is 294 Å². The molecule has 0 aromatic heterocycles. The maximum Gasteiger partial charge on any atom is 0.469 e. The van der Waals surface area contributed by atoms with Crippen molar-refractivity contribution in [1.29, 1.82) is 0 Å². The molecule has 0 saturated carbocycles. The lowest BCUT2D eigenvalue weighted by atomic mass is 10.1. The summed E-state index contributed by atoms with van der Waals surface area (Å²) >= 11 is 0. The highest BCUT2D eigenvalue weighted by atomic mass is 31.2. The van der Waals surface area contributed by atoms with Crippen LogP contribution in [0.1, 0.15) is 123 Å². The van der Waals surface area contributed by atoms with Gasteiger partial charge in [-0.3, -0.25) is 14.1 Å². The van der Waals surface area contributed by atoms with Crippen LogP contribution in [0, 0.1) is 0 Å². The molecule has 0 radical (unpaired) electrons. The van der Waals surface area contributed by atoms with Crippen molar-refractivity contribution in [3.8, 4) is 0 Å². The number of carbonyl (C=O) groups excluding carboxylic acids is 2. The molecule has 0 aliphatic carbocycles. The van der Waals surface area contributed by atoms with Gasteiger partial charge in [-0.05, 0) is 38.5 Å². The van der Waals surface area contributed by atoms with E-state index in [2.05, 4.69) is 18.4 Å². The molecular formula is C38H63O10P. The van der Waals surface area contributed by atoms with Crippen molar-refractivity contribution in [3.05, 3.63) is 72.9 Å². The molecule has 0 aromatic rings. The fourth-order valence-corrected chi connectivity index (χ4v) is 4.82. The molecule has 0 heterocycles. The van der Waals surface area contributed by atoms with Crippen LogP contribution >= 0.6 is 7.82 Å². The Morgan fingerprint density at radius 3 is 1.92 bits per heavy atom. The molecule has 10 nitrogen and oxygen atoms in total. The topological polar surface area (TPSA) is 160 Å². The van der Waals surface area contributed by atoms with Gasteiger partial charge in [-0.15, -0.1) is 0 Å². The number of rotatable bonds is 31. The van der Waals surface area contributed by atoms with Crippen molar-refractivity contribution >= 4 is 19.8 Å². The Morgan fingerprint density at radius 2 is 1.29 bits per heavy atom. The van der Waals surface area contributed by atoms with Gasteiger partial charge in [0.2, 0.25) is 0 Å². The van der Waals surface area contributed by atoms with E-state index in [9.17, 15) is 24.4 Å². The van der Waals surface area contributed by atoms with Crippen LogP contribution in [-0.2, 0) is 28.2 Å². The molecule has 0 aliphatic heterocycles. The van der Waals surface area contributed by atoms with Crippen molar-refractivity contribution in [2.75, 3.05) is 13.2 Å². The highest BCUT2D eigenvalue weighted by Crippen LogP contribution is 2.35. The van der Waals surface area contributed by atoms with Crippen molar-refractivity contribution < 1.29 is 48.2 Å². The Kier molecular flexibility index (Phi) is 30.9. The number of esters is 2. The van der Waals surface area contributed by atoms with E-state index < -0.39 is 44.7 Å². The van der Waals surface area contributed by atoms with Gasteiger partial charge in [-0.2, -0.15) is 0 Å². The third kappa shape index (κ3) is 35.1. The number of aliphatic hydroxyl groups excluding tert-OH is 2. The Morgan fingerprint density at radius 1 is 0.673 bits per heavy atom. The molecule has 0 unspecified atom stereocenters. The van der Waals surface area contributed by atoms with Crippen molar-refractivity contribution in [2.24, 2.45) is 0 Å². The molecule has 0 spiro atoms. The van der Waals surface area contributed by atoms with E-state index >= 15 is 0 Å². The van der Waals surface area contributed by atoms with Gasteiger partial charge in [0.05, 0.1) is 18.8 Å². The van der Waals surface area contributed by atoms with E-state index in [0.29, 0.717) is 32.1 Å². The number of aliphatic hydroxyl groups is 2. The lowest BCUT2D eigenvalue weighted by Gasteiger charge is -2.18. The van der Waals surface area contributed by atoms with Gasteiger partial charge in [0, 0.05) is 12.8 Å². The normalized spacial score (nSPS) is 14.7. The zero-order valence-electron chi connectivity index (χ0n) is 29.8. The van der Waals surface area contributed by atoms with Crippen molar-refractivity contribution in [3.63, 3.8) is 0 Å². The molecule has 11 heteroatoms. The average Bonchev–Trinajstić information content (AvgIpc) is 3.05. The first-order valence-corrected chi connectivity index (χ1v) is 19.5. The number of allylic oxidation sites excluding steroid dienone is 8. The highest BCUT2D eigenvalue weighted by molar-refractivity contribution is 7.46. The van der Waals surface area contributed by atoms with Crippen LogP contribution in [0.3, 0.4) is 0 Å². The maximum atomic E-state index is 12.3. The molecule has 0 rings (SSSR count). The number of hydrogen-bond donors (Lipinski definition) is 4. The summed E-state index contributed by atoms with van der Waals surface area (Å²) < 4.78 is 26.1. The second kappa shape index (κ2) is 32.6. The maximum absolute atomic E-state index is 12.3. The molecule has 0 bridgehead atoms. The van der Waals surface area contributed by atoms with Gasteiger partial charge in [-0.25, -0.2) is 4.57 Å². The summed E-state index contributed by atoms with van der Waals surface area (Å²) in [5.74, 6) is -1.08. The van der Waals surface area contributed by atoms with E-state index in [4.69, 9.17) is 19.3 Å². The SMILES string of the molecule is CC/C=C\C[C@@H](O)/C=C/C=C\C/C=C\C=C\[C@@H](O)/C=C\CCCC(=O)OC[C@H](COP(=O)(O)O)OC(=O)CCCCCCCCCCCC. The van der Waals surface area contributed by atoms with Crippen molar-refractivity contribution in [1.82, 2.24) is 0 Å². The van der Waals surface area contributed by atoms with E-state index in [0.717, 1.165) is 25.7 Å². The van der Waals surface area contributed by atoms with Gasteiger partial charge < -0.3 is 29.5 Å². The molecule has 49 heavy (non-hydrogen) atoms. The fourth-order valence-electron chi connectivity index (χ4n) is 4.46. The van der Waals surface area contributed by atoms with Crippen LogP contribution in [0.2, 0.25) is 0 Å². The first-order chi connectivity index (χ1) is 23.6. The van der Waals surface area contributed by atoms with Gasteiger partial charge >= 0.3 is 19.8 Å². The van der Waals surface area contributed by atoms with Crippen LogP contribution in [0.15, 0.2) is 72.9 Å². The third-order valence-electron chi connectivity index (χ3n) is 7.16. The van der Waals surface area contributed by atoms with Gasteiger partial charge in [0.15, 0.2) is 6.10 Å². The fraction of sp³-hybridized carbons (Fsp3) is 0.632. The zero-order valence-corrected chi connectivity index (χ0v) is 30.7. The zero-order chi connectivity index (χ0) is 36.4. The van der Waals surface area contributed by atoms with Crippen LogP contribution in [0.5, 0.6) is 0 Å². The summed E-state index contributed by atoms with van der Waals surface area (Å²) in [6.07, 6.45) is 34.2. The Bertz CT molecular complexity index is 1060. The smallest absolute Gasteiger partial charge is 0.462 e. The summed E-state index contributed by atoms with van der Waals surface area (Å²) in [7, 11) is -4.80. The number of ether oxygens (including phenoxy) is 2. The molecule has 0 saturated heterocycles. The molecule has 0 aromatic carbocycles. The van der Waals surface area contributed by atoms with Crippen molar-refractivity contribution in [2.45, 2.75) is 141 Å². The number of carbonyl (C=O) groups is 2. The Balaban J connectivity index is 4.28. The minimum atomic E-state index is -4.80. The average molecular weight is 711 g/mol. The second-order valence-corrected chi connectivity index (χ2v) is 13.1. The summed E-state index contributed by atoms with van der Waals surface area (Å²) in [5.41, 5.74) is 0. The van der Waals surface area contributed by atoms with E-state index in [1.807, 2.05) is 42.5 Å². The van der Waals surface area contributed by atoms with Crippen LogP contribution < -0.4 is 0 Å². The lowest BCUT2D eigenvalue weighted by molar-refractivity contribution is -0.161. The molecule has 280 valence electrons. The van der Waals surface area contributed by atoms with Gasteiger partial charge in [-0.1, -0.05) is 145 Å². The molecular weight excluding hydrogens is 647 g/mol.